The Balaban J connectivity index is 1.57. The Labute approximate surface area is 125 Å². The summed E-state index contributed by atoms with van der Waals surface area (Å²) in [6.45, 7) is 8.85. The smallest absolute Gasteiger partial charge is 0.151 e. The number of anilines is 2. The first-order valence-corrected chi connectivity index (χ1v) is 7.74. The highest BCUT2D eigenvalue weighted by molar-refractivity contribution is 5.45. The largest absolute Gasteiger partial charge is 0.395 e. The highest BCUT2D eigenvalue weighted by Gasteiger charge is 2.18. The predicted molar refractivity (Wildman–Crippen MR) is 82.9 cm³/mol. The van der Waals surface area contributed by atoms with E-state index in [1.165, 1.54) is 0 Å². The summed E-state index contributed by atoms with van der Waals surface area (Å²) >= 11 is 0. The molecule has 0 amide bonds. The van der Waals surface area contributed by atoms with Crippen LogP contribution in [0.4, 0.5) is 11.6 Å². The molecule has 7 nitrogen and oxygen atoms in total. The maximum absolute atomic E-state index is 8.97. The number of hydrogen-bond donors (Lipinski definition) is 2. The number of β-amino-alcohol motifs (C(OH)–C–C–N with tert-alkyl or cyclic N) is 1. The molecule has 2 aliphatic rings. The molecule has 0 bridgehead atoms. The molecule has 2 fully saturated rings. The van der Waals surface area contributed by atoms with Gasteiger partial charge in [0, 0.05) is 58.9 Å². The molecule has 0 aliphatic carbocycles. The molecule has 0 spiro atoms. The molecule has 0 atom stereocenters. The van der Waals surface area contributed by atoms with Crippen LogP contribution in [-0.4, -0.2) is 85.7 Å². The van der Waals surface area contributed by atoms with Gasteiger partial charge in [-0.1, -0.05) is 0 Å². The van der Waals surface area contributed by atoms with Crippen molar-refractivity contribution >= 4 is 11.6 Å². The van der Waals surface area contributed by atoms with E-state index in [9.17, 15) is 0 Å². The molecule has 2 N–H and O–H groups in total. The Hall–Kier alpha value is -1.44. The van der Waals surface area contributed by atoms with Crippen molar-refractivity contribution in [2.75, 3.05) is 75.3 Å². The topological polar surface area (TPSA) is 67.8 Å². The van der Waals surface area contributed by atoms with Crippen LogP contribution < -0.4 is 15.1 Å². The van der Waals surface area contributed by atoms with E-state index in [-0.39, 0.29) is 6.61 Å². The van der Waals surface area contributed by atoms with Crippen LogP contribution in [-0.2, 0) is 0 Å². The van der Waals surface area contributed by atoms with Gasteiger partial charge in [-0.25, -0.2) is 0 Å². The van der Waals surface area contributed by atoms with Crippen LogP contribution in [0, 0.1) is 0 Å². The van der Waals surface area contributed by atoms with Crippen molar-refractivity contribution in [2.24, 2.45) is 0 Å². The summed E-state index contributed by atoms with van der Waals surface area (Å²) in [5.74, 6) is 1.93. The van der Waals surface area contributed by atoms with Gasteiger partial charge in [-0.2, -0.15) is 0 Å². The van der Waals surface area contributed by atoms with Gasteiger partial charge in [0.1, 0.15) is 0 Å². The third-order valence-electron chi connectivity index (χ3n) is 4.19. The molecular weight excluding hydrogens is 268 g/mol. The van der Waals surface area contributed by atoms with Crippen LogP contribution in [0.2, 0.25) is 0 Å². The van der Waals surface area contributed by atoms with Crippen LogP contribution in [0.25, 0.3) is 0 Å². The quantitative estimate of drug-likeness (QED) is 0.738. The van der Waals surface area contributed by atoms with E-state index in [4.69, 9.17) is 5.11 Å². The first kappa shape index (κ1) is 14.5. The summed E-state index contributed by atoms with van der Waals surface area (Å²) in [6, 6.07) is 4.15. The Morgan fingerprint density at radius 3 is 2.00 bits per heavy atom. The first-order chi connectivity index (χ1) is 10.4. The number of aliphatic hydroxyl groups is 1. The fourth-order valence-electron chi connectivity index (χ4n) is 2.89. The second-order valence-corrected chi connectivity index (χ2v) is 5.54. The van der Waals surface area contributed by atoms with E-state index in [2.05, 4.69) is 42.3 Å². The van der Waals surface area contributed by atoms with Gasteiger partial charge < -0.3 is 20.2 Å². The van der Waals surface area contributed by atoms with Crippen LogP contribution in [0.15, 0.2) is 12.1 Å². The van der Waals surface area contributed by atoms with Gasteiger partial charge in [-0.3, -0.25) is 4.90 Å². The van der Waals surface area contributed by atoms with E-state index in [1.54, 1.807) is 0 Å². The molecule has 0 aromatic carbocycles. The molecule has 116 valence electrons. The summed E-state index contributed by atoms with van der Waals surface area (Å²) in [5, 5.41) is 21.1. The lowest BCUT2D eigenvalue weighted by molar-refractivity contribution is 0.188. The number of aromatic nitrogens is 2. The number of nitrogens with one attached hydrogen (secondary N) is 1. The lowest BCUT2D eigenvalue weighted by atomic mass is 10.3. The summed E-state index contributed by atoms with van der Waals surface area (Å²) in [4.78, 5) is 6.81. The number of nitrogens with zero attached hydrogens (tertiary/aromatic N) is 5. The van der Waals surface area contributed by atoms with Gasteiger partial charge in [0.25, 0.3) is 0 Å². The molecule has 7 heteroatoms. The molecule has 0 radical (unpaired) electrons. The van der Waals surface area contributed by atoms with Crippen LogP contribution >= 0.6 is 0 Å². The lowest BCUT2D eigenvalue weighted by Crippen LogP contribution is -2.47. The van der Waals surface area contributed by atoms with Crippen molar-refractivity contribution in [1.82, 2.24) is 20.4 Å². The Bertz CT molecular complexity index is 426. The van der Waals surface area contributed by atoms with Crippen molar-refractivity contribution in [3.05, 3.63) is 12.1 Å². The molecule has 0 saturated carbocycles. The molecule has 0 unspecified atom stereocenters. The summed E-state index contributed by atoms with van der Waals surface area (Å²) in [7, 11) is 0. The van der Waals surface area contributed by atoms with Gasteiger partial charge in [-0.15, -0.1) is 10.2 Å². The number of hydrogen-bond acceptors (Lipinski definition) is 7. The molecule has 1 aromatic heterocycles. The Morgan fingerprint density at radius 1 is 0.905 bits per heavy atom. The third kappa shape index (κ3) is 3.61. The maximum atomic E-state index is 8.97. The van der Waals surface area contributed by atoms with Crippen LogP contribution in [0.3, 0.4) is 0 Å². The van der Waals surface area contributed by atoms with Crippen molar-refractivity contribution in [1.29, 1.82) is 0 Å². The molecular formula is C14H24N6O. The zero-order valence-electron chi connectivity index (χ0n) is 12.4. The number of aliphatic hydroxyl groups excluding tert-OH is 1. The number of rotatable bonds is 4. The van der Waals surface area contributed by atoms with E-state index in [1.807, 2.05) is 0 Å². The molecule has 2 aliphatic heterocycles. The molecule has 21 heavy (non-hydrogen) atoms. The van der Waals surface area contributed by atoms with Crippen molar-refractivity contribution in [2.45, 2.75) is 0 Å². The fraction of sp³-hybridized carbons (Fsp3) is 0.714. The van der Waals surface area contributed by atoms with E-state index in [0.717, 1.165) is 70.5 Å². The fourth-order valence-corrected chi connectivity index (χ4v) is 2.89. The Morgan fingerprint density at radius 2 is 1.48 bits per heavy atom. The van der Waals surface area contributed by atoms with Crippen LogP contribution in [0.5, 0.6) is 0 Å². The highest BCUT2D eigenvalue weighted by Crippen LogP contribution is 2.16. The number of piperazine rings is 2. The average molecular weight is 292 g/mol. The van der Waals surface area contributed by atoms with E-state index in [0.29, 0.717) is 0 Å². The minimum Gasteiger partial charge on any atom is -0.395 e. The summed E-state index contributed by atoms with van der Waals surface area (Å²) < 4.78 is 0. The van der Waals surface area contributed by atoms with Crippen molar-refractivity contribution in [3.8, 4) is 0 Å². The zero-order chi connectivity index (χ0) is 14.5. The predicted octanol–water partition coefficient (Wildman–Crippen LogP) is -0.999. The van der Waals surface area contributed by atoms with Gasteiger partial charge in [0.15, 0.2) is 11.6 Å². The normalized spacial score (nSPS) is 20.8. The summed E-state index contributed by atoms with van der Waals surface area (Å²) in [6.07, 6.45) is 0. The van der Waals surface area contributed by atoms with Gasteiger partial charge in [-0.05, 0) is 12.1 Å². The van der Waals surface area contributed by atoms with Crippen LogP contribution in [0.1, 0.15) is 0 Å². The zero-order valence-corrected chi connectivity index (χ0v) is 12.4. The maximum Gasteiger partial charge on any atom is 0.151 e. The highest BCUT2D eigenvalue weighted by atomic mass is 16.3. The average Bonchev–Trinajstić information content (AvgIpc) is 2.57. The second kappa shape index (κ2) is 7.02. The van der Waals surface area contributed by atoms with Crippen molar-refractivity contribution in [3.63, 3.8) is 0 Å². The van der Waals surface area contributed by atoms with E-state index >= 15 is 0 Å². The molecule has 2 saturated heterocycles. The SMILES string of the molecule is OCCN1CCN(c2ccc(N3CCNCC3)nn2)CC1. The second-order valence-electron chi connectivity index (χ2n) is 5.54. The van der Waals surface area contributed by atoms with Gasteiger partial charge in [0.05, 0.1) is 6.61 Å². The molecule has 3 rings (SSSR count). The van der Waals surface area contributed by atoms with E-state index < -0.39 is 0 Å². The monoisotopic (exact) mass is 292 g/mol. The minimum atomic E-state index is 0.235. The Kier molecular flexibility index (Phi) is 4.84. The summed E-state index contributed by atoms with van der Waals surface area (Å²) in [5.41, 5.74) is 0. The lowest BCUT2D eigenvalue weighted by Gasteiger charge is -2.35. The standard InChI is InChI=1S/C14H24N6O/c21-12-11-18-7-9-20(10-8-18)14-2-1-13(16-17-14)19-5-3-15-4-6-19/h1-2,15,21H,3-12H2. The third-order valence-corrected chi connectivity index (χ3v) is 4.19. The van der Waals surface area contributed by atoms with Gasteiger partial charge in [0.2, 0.25) is 0 Å². The van der Waals surface area contributed by atoms with Crippen molar-refractivity contribution < 1.29 is 5.11 Å². The minimum absolute atomic E-state index is 0.235. The molecule has 3 heterocycles. The first-order valence-electron chi connectivity index (χ1n) is 7.74. The van der Waals surface area contributed by atoms with Gasteiger partial charge >= 0.3 is 0 Å². The molecule has 1 aromatic rings.